The number of allylic oxidation sites excluding steroid dienone is 13. The molecule has 0 spiro atoms. The molecule has 274 valence electrons. The highest BCUT2D eigenvalue weighted by molar-refractivity contribution is 5.76. The van der Waals surface area contributed by atoms with Crippen molar-refractivity contribution in [3.05, 3.63) is 85.1 Å². The third-order valence-electron chi connectivity index (χ3n) is 8.36. The quantitative estimate of drug-likeness (QED) is 0.0473. The van der Waals surface area contributed by atoms with Gasteiger partial charge in [-0.25, -0.2) is 0 Å². The Balaban J connectivity index is 3.59. The minimum atomic E-state index is -0.864. The van der Waals surface area contributed by atoms with Crippen LogP contribution in [-0.4, -0.2) is 34.9 Å². The lowest BCUT2D eigenvalue weighted by Gasteiger charge is -2.19. The van der Waals surface area contributed by atoms with Crippen molar-refractivity contribution in [1.82, 2.24) is 5.32 Å². The lowest BCUT2D eigenvalue weighted by atomic mass is 10.0. The second-order valence-electron chi connectivity index (χ2n) is 13.0. The Labute approximate surface area is 297 Å². The SMILES string of the molecule is CC/C=C\C/C=C\C/C=C\C/C=C\C/C=C\CCCCCCCCCCCCCC(=O)NC(CO)C(O)/C=C/CC/C=C/CCCCC. The highest BCUT2D eigenvalue weighted by Crippen LogP contribution is 2.13. The Morgan fingerprint density at radius 3 is 1.46 bits per heavy atom. The molecule has 0 saturated carbocycles. The summed E-state index contributed by atoms with van der Waals surface area (Å²) in [5.74, 6) is -0.0853. The van der Waals surface area contributed by atoms with Crippen LogP contribution in [0.4, 0.5) is 0 Å². The second-order valence-corrected chi connectivity index (χ2v) is 13.0. The number of aliphatic hydroxyl groups is 2. The van der Waals surface area contributed by atoms with Gasteiger partial charge in [0.25, 0.3) is 0 Å². The van der Waals surface area contributed by atoms with E-state index < -0.39 is 12.1 Å². The van der Waals surface area contributed by atoms with Gasteiger partial charge in [0.2, 0.25) is 5.91 Å². The van der Waals surface area contributed by atoms with Gasteiger partial charge in [-0.1, -0.05) is 170 Å². The van der Waals surface area contributed by atoms with Crippen molar-refractivity contribution in [2.45, 2.75) is 180 Å². The molecule has 0 bridgehead atoms. The fourth-order valence-electron chi connectivity index (χ4n) is 5.34. The standard InChI is InChI=1S/C44H75NO3/c1-3-5-7-9-11-13-14-15-16-17-18-19-20-21-22-23-24-25-26-27-28-29-30-32-34-36-38-40-44(48)45-42(41-46)43(47)39-37-35-33-31-12-10-8-6-4-2/h5,7,11-13,15-16,18-19,21-22,31,37,39,42-43,46-47H,3-4,6,8-10,14,17,20,23-30,32-36,38,40-41H2,1-2H3,(H,45,48)/b7-5-,13-11-,16-15-,19-18-,22-21-,31-12+,39-37+. The molecule has 4 heteroatoms. The van der Waals surface area contributed by atoms with Crippen LogP contribution in [0.3, 0.4) is 0 Å². The number of unbranched alkanes of at least 4 members (excludes halogenated alkanes) is 15. The van der Waals surface area contributed by atoms with Gasteiger partial charge in [-0.05, 0) is 77.0 Å². The average molecular weight is 666 g/mol. The zero-order chi connectivity index (χ0) is 35.0. The number of hydrogen-bond donors (Lipinski definition) is 3. The number of rotatable bonds is 34. The molecular formula is C44H75NO3. The van der Waals surface area contributed by atoms with Gasteiger partial charge in [-0.15, -0.1) is 0 Å². The van der Waals surface area contributed by atoms with Crippen LogP contribution >= 0.6 is 0 Å². The Kier molecular flexibility index (Phi) is 37.0. The van der Waals surface area contributed by atoms with Crippen molar-refractivity contribution in [3.8, 4) is 0 Å². The first kappa shape index (κ1) is 45.6. The van der Waals surface area contributed by atoms with Crippen LogP contribution < -0.4 is 5.32 Å². The van der Waals surface area contributed by atoms with Crippen molar-refractivity contribution in [3.63, 3.8) is 0 Å². The van der Waals surface area contributed by atoms with Crippen molar-refractivity contribution in [1.29, 1.82) is 0 Å². The van der Waals surface area contributed by atoms with Gasteiger partial charge in [0.15, 0.2) is 0 Å². The van der Waals surface area contributed by atoms with Crippen LogP contribution in [-0.2, 0) is 4.79 Å². The van der Waals surface area contributed by atoms with E-state index in [9.17, 15) is 15.0 Å². The fourth-order valence-corrected chi connectivity index (χ4v) is 5.34. The lowest BCUT2D eigenvalue weighted by Crippen LogP contribution is -2.45. The minimum absolute atomic E-state index is 0.0853. The Hall–Kier alpha value is -2.43. The van der Waals surface area contributed by atoms with Gasteiger partial charge in [0.1, 0.15) is 0 Å². The number of carbonyl (C=O) groups is 1. The molecule has 0 aliphatic carbocycles. The molecule has 48 heavy (non-hydrogen) atoms. The van der Waals surface area contributed by atoms with Gasteiger partial charge >= 0.3 is 0 Å². The molecule has 0 aromatic heterocycles. The van der Waals surface area contributed by atoms with Gasteiger partial charge < -0.3 is 15.5 Å². The summed E-state index contributed by atoms with van der Waals surface area (Å²) in [6, 6.07) is -0.642. The summed E-state index contributed by atoms with van der Waals surface area (Å²) in [7, 11) is 0. The molecule has 3 N–H and O–H groups in total. The molecule has 0 aromatic rings. The molecule has 0 aliphatic heterocycles. The van der Waals surface area contributed by atoms with Crippen molar-refractivity contribution in [2.24, 2.45) is 0 Å². The molecule has 1 amide bonds. The summed E-state index contributed by atoms with van der Waals surface area (Å²) < 4.78 is 0. The molecule has 2 atom stereocenters. The van der Waals surface area contributed by atoms with Gasteiger partial charge in [-0.3, -0.25) is 4.79 Å². The first-order chi connectivity index (χ1) is 23.7. The van der Waals surface area contributed by atoms with E-state index in [2.05, 4.69) is 92.1 Å². The third-order valence-corrected chi connectivity index (χ3v) is 8.36. The molecule has 2 unspecified atom stereocenters. The van der Waals surface area contributed by atoms with Gasteiger partial charge in [-0.2, -0.15) is 0 Å². The first-order valence-electron chi connectivity index (χ1n) is 19.8. The first-order valence-corrected chi connectivity index (χ1v) is 19.8. The number of hydrogen-bond acceptors (Lipinski definition) is 3. The molecule has 0 aliphatic rings. The van der Waals surface area contributed by atoms with E-state index >= 15 is 0 Å². The second kappa shape index (κ2) is 39.0. The van der Waals surface area contributed by atoms with E-state index in [1.54, 1.807) is 6.08 Å². The van der Waals surface area contributed by atoms with Crippen LogP contribution in [0.1, 0.15) is 168 Å². The van der Waals surface area contributed by atoms with Crippen LogP contribution in [0.15, 0.2) is 85.1 Å². The topological polar surface area (TPSA) is 69.6 Å². The van der Waals surface area contributed by atoms with E-state index in [0.717, 1.165) is 64.2 Å². The summed E-state index contributed by atoms with van der Waals surface area (Å²) in [5.41, 5.74) is 0. The van der Waals surface area contributed by atoms with E-state index in [-0.39, 0.29) is 12.5 Å². The van der Waals surface area contributed by atoms with Crippen LogP contribution in [0.2, 0.25) is 0 Å². The molecule has 0 saturated heterocycles. The third kappa shape index (κ3) is 34.9. The summed E-state index contributed by atoms with van der Waals surface area (Å²) in [6.07, 6.45) is 56.9. The maximum absolute atomic E-state index is 12.3. The number of nitrogens with one attached hydrogen (secondary N) is 1. The Morgan fingerprint density at radius 2 is 0.938 bits per heavy atom. The van der Waals surface area contributed by atoms with E-state index in [0.29, 0.717) is 6.42 Å². The lowest BCUT2D eigenvalue weighted by molar-refractivity contribution is -0.123. The van der Waals surface area contributed by atoms with E-state index in [1.165, 1.54) is 83.5 Å². The summed E-state index contributed by atoms with van der Waals surface area (Å²) in [6.45, 7) is 4.11. The van der Waals surface area contributed by atoms with Gasteiger partial charge in [0.05, 0.1) is 18.8 Å². The average Bonchev–Trinajstić information content (AvgIpc) is 3.09. The summed E-state index contributed by atoms with van der Waals surface area (Å²) in [4.78, 5) is 12.3. The molecule has 0 rings (SSSR count). The molecule has 0 fully saturated rings. The van der Waals surface area contributed by atoms with Crippen LogP contribution in [0, 0.1) is 0 Å². The zero-order valence-electron chi connectivity index (χ0n) is 31.2. The maximum Gasteiger partial charge on any atom is 0.220 e. The molecule has 0 heterocycles. The predicted molar refractivity (Wildman–Crippen MR) is 211 cm³/mol. The van der Waals surface area contributed by atoms with Crippen LogP contribution in [0.25, 0.3) is 0 Å². The molecule has 0 radical (unpaired) electrons. The monoisotopic (exact) mass is 666 g/mol. The number of carbonyl (C=O) groups excluding carboxylic acids is 1. The smallest absolute Gasteiger partial charge is 0.220 e. The van der Waals surface area contributed by atoms with E-state index in [1.807, 2.05) is 6.08 Å². The van der Waals surface area contributed by atoms with Crippen molar-refractivity contribution in [2.75, 3.05) is 6.61 Å². The molecule has 0 aromatic carbocycles. The highest BCUT2D eigenvalue weighted by atomic mass is 16.3. The molecule has 4 nitrogen and oxygen atoms in total. The van der Waals surface area contributed by atoms with Crippen molar-refractivity contribution >= 4 is 5.91 Å². The highest BCUT2D eigenvalue weighted by Gasteiger charge is 2.17. The van der Waals surface area contributed by atoms with Crippen LogP contribution in [0.5, 0.6) is 0 Å². The number of amides is 1. The predicted octanol–water partition coefficient (Wildman–Crippen LogP) is 12.1. The fraction of sp³-hybridized carbons (Fsp3) is 0.659. The largest absolute Gasteiger partial charge is 0.394 e. The summed E-state index contributed by atoms with van der Waals surface area (Å²) >= 11 is 0. The minimum Gasteiger partial charge on any atom is -0.394 e. The normalized spacial score (nSPS) is 14.0. The Morgan fingerprint density at radius 1 is 0.521 bits per heavy atom. The maximum atomic E-state index is 12.3. The van der Waals surface area contributed by atoms with E-state index in [4.69, 9.17) is 0 Å². The number of aliphatic hydroxyl groups excluding tert-OH is 2. The van der Waals surface area contributed by atoms with Gasteiger partial charge in [0, 0.05) is 6.42 Å². The van der Waals surface area contributed by atoms with Crippen molar-refractivity contribution < 1.29 is 15.0 Å². The molecular weight excluding hydrogens is 590 g/mol. The Bertz CT molecular complexity index is 895. The summed E-state index contributed by atoms with van der Waals surface area (Å²) in [5, 5.41) is 22.8. The zero-order valence-corrected chi connectivity index (χ0v) is 31.2.